The number of nitrogens with zero attached hydrogens (tertiary/aromatic N) is 1. The first-order chi connectivity index (χ1) is 17.3. The van der Waals surface area contributed by atoms with Crippen molar-refractivity contribution in [1.82, 2.24) is 4.57 Å². The van der Waals surface area contributed by atoms with Gasteiger partial charge in [-0.1, -0.05) is 39.0 Å². The fourth-order valence-electron chi connectivity index (χ4n) is 3.32. The number of phenolic OH excluding ortho intramolecular Hbond substituents is 1. The first-order valence-electron chi connectivity index (χ1n) is 12.1. The Morgan fingerprint density at radius 2 is 1.70 bits per heavy atom. The molecule has 0 atom stereocenters. The summed E-state index contributed by atoms with van der Waals surface area (Å²) in [6.07, 6.45) is 9.19. The van der Waals surface area contributed by atoms with Crippen molar-refractivity contribution in [2.75, 3.05) is 12.8 Å². The molecule has 5 nitrogen and oxygen atoms in total. The number of hydrogen-bond acceptors (Lipinski definition) is 4. The van der Waals surface area contributed by atoms with Crippen molar-refractivity contribution in [3.8, 4) is 11.4 Å². The van der Waals surface area contributed by atoms with Crippen molar-refractivity contribution in [3.05, 3.63) is 94.9 Å². The molecule has 2 aromatic carbocycles. The Kier molecular flexibility index (Phi) is 20.1. The second kappa shape index (κ2) is 20.4. The summed E-state index contributed by atoms with van der Waals surface area (Å²) >= 11 is 0. The van der Waals surface area contributed by atoms with Gasteiger partial charge in [-0.05, 0) is 50.9 Å². The van der Waals surface area contributed by atoms with Crippen molar-refractivity contribution in [2.45, 2.75) is 54.4 Å². The molecule has 0 aliphatic heterocycles. The van der Waals surface area contributed by atoms with Crippen molar-refractivity contribution in [3.63, 3.8) is 0 Å². The van der Waals surface area contributed by atoms with Gasteiger partial charge in [0.15, 0.2) is 6.29 Å². The Morgan fingerprint density at radius 3 is 2.11 bits per heavy atom. The topological polar surface area (TPSA) is 94.3 Å². The summed E-state index contributed by atoms with van der Waals surface area (Å²) in [6, 6.07) is 15.1. The van der Waals surface area contributed by atoms with E-state index in [0.29, 0.717) is 11.4 Å². The Balaban J connectivity index is 0. The zero-order chi connectivity index (χ0) is 27.7. The molecule has 6 heteroatoms. The van der Waals surface area contributed by atoms with Crippen LogP contribution in [0.3, 0.4) is 0 Å². The molecule has 0 aliphatic rings. The summed E-state index contributed by atoms with van der Waals surface area (Å²) in [4.78, 5) is 11.6. The summed E-state index contributed by atoms with van der Waals surface area (Å²) in [5.74, 6) is 0.587. The molecule has 0 unspecified atom stereocenters. The van der Waals surface area contributed by atoms with Crippen LogP contribution in [0.15, 0.2) is 54.6 Å². The molecule has 0 radical (unpaired) electrons. The molecule has 0 saturated carbocycles. The maximum atomic E-state index is 11.6. The SMILES string of the molecule is CC/C=c1\c(C=O)c(N)n(-c2cc(O)ccc2C)c1=C(C)CC.CN.C[C-]=CC.[CH2-]c1ccccc1.[U+2]. The van der Waals surface area contributed by atoms with Crippen LogP contribution in [-0.2, 0) is 0 Å². The smallest absolute Gasteiger partial charge is 0.508 e. The molecule has 0 saturated heterocycles. The Bertz CT molecular complexity index is 1210. The van der Waals surface area contributed by atoms with Crippen LogP contribution < -0.4 is 22.0 Å². The van der Waals surface area contributed by atoms with Gasteiger partial charge in [0.25, 0.3) is 0 Å². The van der Waals surface area contributed by atoms with E-state index in [9.17, 15) is 9.90 Å². The molecule has 37 heavy (non-hydrogen) atoms. The van der Waals surface area contributed by atoms with Crippen molar-refractivity contribution in [1.29, 1.82) is 0 Å². The number of benzene rings is 2. The van der Waals surface area contributed by atoms with Gasteiger partial charge in [-0.3, -0.25) is 15.4 Å². The predicted molar refractivity (Wildman–Crippen MR) is 156 cm³/mol. The average Bonchev–Trinajstić information content (AvgIpc) is 3.18. The second-order valence-corrected chi connectivity index (χ2v) is 7.79. The van der Waals surface area contributed by atoms with E-state index in [2.05, 4.69) is 25.7 Å². The van der Waals surface area contributed by atoms with Gasteiger partial charge >= 0.3 is 31.1 Å². The Morgan fingerprint density at radius 1 is 1.14 bits per heavy atom. The van der Waals surface area contributed by atoms with Crippen molar-refractivity contribution < 1.29 is 41.0 Å². The van der Waals surface area contributed by atoms with E-state index >= 15 is 0 Å². The van der Waals surface area contributed by atoms with Gasteiger partial charge in [-0.15, -0.1) is 12.1 Å². The number of hydrogen-bond donors (Lipinski definition) is 3. The van der Waals surface area contributed by atoms with E-state index < -0.39 is 0 Å². The van der Waals surface area contributed by atoms with Crippen molar-refractivity contribution >= 4 is 23.8 Å². The standard InChI is InChI=1S/C19H24N2O2.C7H7.C4H7.CH5N.U/c1-5-7-15-16(11-22)19(20)21(18(15)12(3)6-2)17-10-14(23)9-8-13(17)4;1-7-5-3-2-4-6-7;1-3-4-2;1-2;/h7-11,23H,5-6,20H2,1-4H3;2-6H,1H2;3H,1-2H3;2H2,1H3;/q;2*-1;;+2/b15-7+,18-12?;;;;. The maximum Gasteiger partial charge on any atom is 2.00 e. The molecular formula is C31H43N3O2U. The zero-order valence-electron chi connectivity index (χ0n) is 23.4. The second-order valence-electron chi connectivity index (χ2n) is 7.79. The van der Waals surface area contributed by atoms with E-state index in [4.69, 9.17) is 5.73 Å². The number of carbonyl (C=O) groups excluding carboxylic acids is 1. The maximum absolute atomic E-state index is 11.6. The minimum Gasteiger partial charge on any atom is -0.508 e. The largest absolute Gasteiger partial charge is 2.00 e. The number of anilines is 1. The number of allylic oxidation sites excluding steroid dienone is 2. The Hall–Kier alpha value is -2.65. The number of nitrogen functional groups attached to an aromatic ring is 1. The molecule has 3 rings (SSSR count). The van der Waals surface area contributed by atoms with Crippen LogP contribution in [0.2, 0.25) is 0 Å². The van der Waals surface area contributed by atoms with Crippen LogP contribution in [0.5, 0.6) is 5.75 Å². The molecule has 0 spiro atoms. The summed E-state index contributed by atoms with van der Waals surface area (Å²) in [7, 11) is 1.50. The molecule has 198 valence electrons. The number of rotatable bonds is 4. The molecule has 5 N–H and O–H groups in total. The Labute approximate surface area is 247 Å². The number of aromatic nitrogens is 1. The first kappa shape index (κ1) is 36.5. The van der Waals surface area contributed by atoms with E-state index in [0.717, 1.165) is 52.1 Å². The molecule has 3 aromatic rings. The van der Waals surface area contributed by atoms with Gasteiger partial charge in [0.05, 0.1) is 16.6 Å². The van der Waals surface area contributed by atoms with E-state index in [-0.39, 0.29) is 36.9 Å². The van der Waals surface area contributed by atoms with Crippen molar-refractivity contribution in [2.24, 2.45) is 5.73 Å². The monoisotopic (exact) mass is 727 g/mol. The third-order valence-electron chi connectivity index (χ3n) is 5.31. The third-order valence-corrected chi connectivity index (χ3v) is 5.31. The van der Waals surface area contributed by atoms with Crippen LogP contribution >= 0.6 is 0 Å². The summed E-state index contributed by atoms with van der Waals surface area (Å²) in [5.41, 5.74) is 15.3. The molecule has 0 amide bonds. The van der Waals surface area contributed by atoms with Crippen LogP contribution in [0.4, 0.5) is 5.82 Å². The van der Waals surface area contributed by atoms with Crippen LogP contribution in [0.25, 0.3) is 17.3 Å². The van der Waals surface area contributed by atoms with E-state index in [1.54, 1.807) is 12.1 Å². The molecule has 1 aromatic heterocycles. The summed E-state index contributed by atoms with van der Waals surface area (Å²) in [5, 5.41) is 11.7. The molecule has 0 bridgehead atoms. The van der Waals surface area contributed by atoms with Crippen LogP contribution in [0, 0.1) is 51.0 Å². The van der Waals surface area contributed by atoms with Gasteiger partial charge in [0, 0.05) is 11.3 Å². The number of phenols is 1. The van der Waals surface area contributed by atoms with Gasteiger partial charge in [0.2, 0.25) is 0 Å². The van der Waals surface area contributed by atoms with Crippen LogP contribution in [-0.4, -0.2) is 23.0 Å². The quantitative estimate of drug-likeness (QED) is 0.245. The third kappa shape index (κ3) is 11.1. The summed E-state index contributed by atoms with van der Waals surface area (Å²) in [6.45, 7) is 15.7. The number of aryl methyl sites for hydroxylation is 1. The number of nitrogens with two attached hydrogens (primary N) is 2. The first-order valence-corrected chi connectivity index (χ1v) is 12.1. The normalized spacial score (nSPS) is 11.1. The molecule has 0 aliphatic carbocycles. The van der Waals surface area contributed by atoms with Gasteiger partial charge in [0.1, 0.15) is 11.6 Å². The minimum absolute atomic E-state index is 0. The van der Waals surface area contributed by atoms with Crippen LogP contribution in [0.1, 0.15) is 68.9 Å². The molecule has 1 heterocycles. The number of aromatic hydroxyl groups is 1. The fourth-order valence-corrected chi connectivity index (χ4v) is 3.32. The van der Waals surface area contributed by atoms with Gasteiger partial charge in [-0.25, -0.2) is 0 Å². The number of carbonyl (C=O) groups is 1. The average molecular weight is 728 g/mol. The number of aldehydes is 1. The van der Waals surface area contributed by atoms with Gasteiger partial charge < -0.3 is 22.6 Å². The fraction of sp³-hybridized carbons (Fsp3) is 0.290. The molecular weight excluding hydrogens is 684 g/mol. The van der Waals surface area contributed by atoms with E-state index in [1.807, 2.05) is 87.7 Å². The molecule has 0 fully saturated rings. The zero-order valence-corrected chi connectivity index (χ0v) is 27.6. The minimum atomic E-state index is 0. The van der Waals surface area contributed by atoms with E-state index in [1.165, 1.54) is 7.05 Å². The van der Waals surface area contributed by atoms with Gasteiger partial charge in [-0.2, -0.15) is 31.5 Å². The predicted octanol–water partition coefficient (Wildman–Crippen LogP) is 5.49. The summed E-state index contributed by atoms with van der Waals surface area (Å²) < 4.78 is 1.89.